The van der Waals surface area contributed by atoms with Gasteiger partial charge in [0.1, 0.15) is 9.84 Å². The molecule has 1 rings (SSSR count). The van der Waals surface area contributed by atoms with Gasteiger partial charge in [0.05, 0.1) is 5.75 Å². The lowest BCUT2D eigenvalue weighted by Gasteiger charge is -2.23. The van der Waals surface area contributed by atoms with E-state index >= 15 is 0 Å². The fraction of sp³-hybridized carbons (Fsp3) is 0.583. The lowest BCUT2D eigenvalue weighted by molar-refractivity contribution is -0.120. The molecule has 0 aliphatic carbocycles. The van der Waals surface area contributed by atoms with E-state index in [2.05, 4.69) is 19.2 Å². The van der Waals surface area contributed by atoms with E-state index in [-0.39, 0.29) is 23.5 Å². The van der Waals surface area contributed by atoms with Gasteiger partial charge in [0, 0.05) is 29.5 Å². The van der Waals surface area contributed by atoms with Crippen molar-refractivity contribution in [2.24, 2.45) is 0 Å². The van der Waals surface area contributed by atoms with Crippen molar-refractivity contribution in [1.29, 1.82) is 0 Å². The van der Waals surface area contributed by atoms with E-state index in [0.717, 1.165) is 6.26 Å². The molecule has 0 aliphatic rings. The molecule has 1 heterocycles. The summed E-state index contributed by atoms with van der Waals surface area (Å²) in [6.07, 6.45) is 1.16. The average Bonchev–Trinajstić information content (AvgIpc) is 2.76. The second kappa shape index (κ2) is 5.84. The maximum absolute atomic E-state index is 11.5. The van der Waals surface area contributed by atoms with Crippen LogP contribution in [0.15, 0.2) is 17.5 Å². The number of hydrogen-bond donors (Lipinski definition) is 1. The van der Waals surface area contributed by atoms with Gasteiger partial charge in [0.2, 0.25) is 5.91 Å². The molecule has 0 atom stereocenters. The molecule has 18 heavy (non-hydrogen) atoms. The number of nitrogens with one attached hydrogen (secondary N) is 1. The molecule has 0 saturated carbocycles. The van der Waals surface area contributed by atoms with Crippen molar-refractivity contribution in [2.75, 3.05) is 18.6 Å². The highest BCUT2D eigenvalue weighted by atomic mass is 32.2. The van der Waals surface area contributed by atoms with Crippen LogP contribution in [0.4, 0.5) is 0 Å². The molecule has 0 bridgehead atoms. The van der Waals surface area contributed by atoms with Crippen LogP contribution in [0.25, 0.3) is 0 Å². The second-order valence-corrected chi connectivity index (χ2v) is 8.23. The fourth-order valence-corrected chi connectivity index (χ4v) is 2.85. The zero-order valence-corrected chi connectivity index (χ0v) is 12.5. The molecular weight excluding hydrogens is 270 g/mol. The van der Waals surface area contributed by atoms with Crippen molar-refractivity contribution in [3.8, 4) is 0 Å². The van der Waals surface area contributed by atoms with Gasteiger partial charge in [-0.3, -0.25) is 4.79 Å². The molecule has 1 aromatic heterocycles. The van der Waals surface area contributed by atoms with Crippen molar-refractivity contribution in [3.05, 3.63) is 22.4 Å². The van der Waals surface area contributed by atoms with Crippen molar-refractivity contribution < 1.29 is 13.2 Å². The van der Waals surface area contributed by atoms with Crippen LogP contribution >= 0.6 is 11.3 Å². The number of carbonyl (C=O) groups excluding carboxylic acids is 1. The molecule has 0 aliphatic heterocycles. The van der Waals surface area contributed by atoms with Gasteiger partial charge in [-0.2, -0.15) is 0 Å². The summed E-state index contributed by atoms with van der Waals surface area (Å²) in [5.74, 6) is -0.316. The van der Waals surface area contributed by atoms with E-state index in [4.69, 9.17) is 0 Å². The smallest absolute Gasteiger partial charge is 0.221 e. The third-order valence-corrected chi connectivity index (χ3v) is 4.80. The summed E-state index contributed by atoms with van der Waals surface area (Å²) in [7, 11) is -3.07. The Labute approximate surface area is 112 Å². The Hall–Kier alpha value is -0.880. The Morgan fingerprint density at radius 2 is 2.11 bits per heavy atom. The van der Waals surface area contributed by atoms with E-state index < -0.39 is 9.84 Å². The third-order valence-electron chi connectivity index (χ3n) is 2.62. The monoisotopic (exact) mass is 289 g/mol. The topological polar surface area (TPSA) is 63.2 Å². The number of rotatable bonds is 6. The van der Waals surface area contributed by atoms with Gasteiger partial charge in [0.15, 0.2) is 0 Å². The molecule has 102 valence electrons. The first-order valence-electron chi connectivity index (χ1n) is 5.69. The van der Waals surface area contributed by atoms with Crippen LogP contribution in [-0.2, 0) is 20.0 Å². The zero-order valence-electron chi connectivity index (χ0n) is 10.9. The number of thiophene rings is 1. The fourth-order valence-electron chi connectivity index (χ4n) is 1.44. The van der Waals surface area contributed by atoms with Gasteiger partial charge in [-0.15, -0.1) is 11.3 Å². The van der Waals surface area contributed by atoms with Crippen LogP contribution in [0.1, 0.15) is 25.1 Å². The number of sulfone groups is 1. The molecule has 0 saturated heterocycles. The summed E-state index contributed by atoms with van der Waals surface area (Å²) < 4.78 is 21.9. The summed E-state index contributed by atoms with van der Waals surface area (Å²) >= 11 is 1.65. The van der Waals surface area contributed by atoms with Gasteiger partial charge < -0.3 is 5.32 Å². The molecule has 0 spiro atoms. The lowest BCUT2D eigenvalue weighted by Crippen LogP contribution is -2.36. The highest BCUT2D eigenvalue weighted by Gasteiger charge is 2.22. The lowest BCUT2D eigenvalue weighted by atomic mass is 9.91. The van der Waals surface area contributed by atoms with Crippen molar-refractivity contribution >= 4 is 27.1 Å². The Kier molecular flexibility index (Phi) is 4.92. The van der Waals surface area contributed by atoms with Crippen LogP contribution in [0.3, 0.4) is 0 Å². The minimum atomic E-state index is -3.07. The standard InChI is InChI=1S/C12H19NO3S2/c1-12(2,10-5-4-7-17-10)9-13-11(14)6-8-18(3,15)16/h4-5,7H,6,8-9H2,1-3H3,(H,13,14). The molecule has 0 aromatic carbocycles. The van der Waals surface area contributed by atoms with E-state index in [0.29, 0.717) is 6.54 Å². The summed E-state index contributed by atoms with van der Waals surface area (Å²) in [4.78, 5) is 12.7. The number of hydrogen-bond acceptors (Lipinski definition) is 4. The van der Waals surface area contributed by atoms with E-state index in [1.54, 1.807) is 11.3 Å². The predicted octanol–water partition coefficient (Wildman–Crippen LogP) is 1.58. The maximum Gasteiger partial charge on any atom is 0.221 e. The summed E-state index contributed by atoms with van der Waals surface area (Å²) in [6, 6.07) is 4.01. The Balaban J connectivity index is 2.43. The Morgan fingerprint density at radius 3 is 2.61 bits per heavy atom. The average molecular weight is 289 g/mol. The zero-order chi connectivity index (χ0) is 13.8. The third kappa shape index (κ3) is 5.18. The molecule has 0 radical (unpaired) electrons. The molecule has 0 fully saturated rings. The number of carbonyl (C=O) groups is 1. The van der Waals surface area contributed by atoms with Crippen LogP contribution in [0, 0.1) is 0 Å². The molecular formula is C12H19NO3S2. The predicted molar refractivity (Wildman–Crippen MR) is 74.7 cm³/mol. The molecule has 1 aromatic rings. The first-order valence-corrected chi connectivity index (χ1v) is 8.63. The molecule has 1 N–H and O–H groups in total. The van der Waals surface area contributed by atoms with Gasteiger partial charge in [0.25, 0.3) is 0 Å². The molecule has 1 amide bonds. The highest BCUT2D eigenvalue weighted by Crippen LogP contribution is 2.26. The Morgan fingerprint density at radius 1 is 1.44 bits per heavy atom. The van der Waals surface area contributed by atoms with E-state index in [1.165, 1.54) is 4.88 Å². The first-order chi connectivity index (χ1) is 8.21. The highest BCUT2D eigenvalue weighted by molar-refractivity contribution is 7.90. The summed E-state index contributed by atoms with van der Waals surface area (Å²) in [5, 5.41) is 4.79. The van der Waals surface area contributed by atoms with Gasteiger partial charge in [-0.05, 0) is 11.4 Å². The molecule has 4 nitrogen and oxygen atoms in total. The maximum atomic E-state index is 11.5. The normalized spacial score (nSPS) is 12.4. The van der Waals surface area contributed by atoms with E-state index in [9.17, 15) is 13.2 Å². The minimum absolute atomic E-state index is 0.0271. The van der Waals surface area contributed by atoms with Crippen molar-refractivity contribution in [2.45, 2.75) is 25.7 Å². The van der Waals surface area contributed by atoms with Crippen LogP contribution in [0.2, 0.25) is 0 Å². The van der Waals surface area contributed by atoms with Gasteiger partial charge in [-0.25, -0.2) is 8.42 Å². The minimum Gasteiger partial charge on any atom is -0.355 e. The summed E-state index contributed by atoms with van der Waals surface area (Å²) in [6.45, 7) is 4.61. The molecule has 0 unspecified atom stereocenters. The van der Waals surface area contributed by atoms with E-state index in [1.807, 2.05) is 17.5 Å². The van der Waals surface area contributed by atoms with Crippen molar-refractivity contribution in [1.82, 2.24) is 5.32 Å². The quantitative estimate of drug-likeness (QED) is 0.864. The molecule has 6 heteroatoms. The largest absolute Gasteiger partial charge is 0.355 e. The van der Waals surface area contributed by atoms with Gasteiger partial charge in [-0.1, -0.05) is 19.9 Å². The SMILES string of the molecule is CC(C)(CNC(=O)CCS(C)(=O)=O)c1cccs1. The first kappa shape index (κ1) is 15.2. The van der Waals surface area contributed by atoms with Crippen molar-refractivity contribution in [3.63, 3.8) is 0 Å². The second-order valence-electron chi connectivity index (χ2n) is 5.02. The summed E-state index contributed by atoms with van der Waals surface area (Å²) in [5.41, 5.74) is -0.130. The van der Waals surface area contributed by atoms with Crippen LogP contribution in [-0.4, -0.2) is 32.9 Å². The van der Waals surface area contributed by atoms with Gasteiger partial charge >= 0.3 is 0 Å². The van der Waals surface area contributed by atoms with Crippen LogP contribution in [0.5, 0.6) is 0 Å². The number of amides is 1. The van der Waals surface area contributed by atoms with Crippen LogP contribution < -0.4 is 5.32 Å². The Bertz CT molecular complexity index is 489.